The van der Waals surface area contributed by atoms with E-state index in [1.165, 1.54) is 25.9 Å². The highest BCUT2D eigenvalue weighted by Gasteiger charge is 2.17. The van der Waals surface area contributed by atoms with Gasteiger partial charge in [0.1, 0.15) is 5.69 Å². The monoisotopic (exact) mass is 264 g/mol. The van der Waals surface area contributed by atoms with Crippen molar-refractivity contribution in [2.75, 3.05) is 32.4 Å². The summed E-state index contributed by atoms with van der Waals surface area (Å²) >= 11 is 0. The number of aromatic nitrogens is 1. The number of hydrogen-bond donors (Lipinski definition) is 2. The Labute approximate surface area is 114 Å². The average Bonchev–Trinajstić information content (AvgIpc) is 2.71. The Balaban J connectivity index is 1.74. The van der Waals surface area contributed by atoms with Gasteiger partial charge < -0.3 is 20.5 Å². The van der Waals surface area contributed by atoms with E-state index in [2.05, 4.69) is 17.3 Å². The van der Waals surface area contributed by atoms with Crippen molar-refractivity contribution >= 4 is 11.6 Å². The molecule has 0 aromatic carbocycles. The van der Waals surface area contributed by atoms with Gasteiger partial charge in [0.15, 0.2) is 0 Å². The van der Waals surface area contributed by atoms with Gasteiger partial charge in [-0.15, -0.1) is 0 Å². The van der Waals surface area contributed by atoms with Crippen LogP contribution in [0.1, 0.15) is 29.8 Å². The van der Waals surface area contributed by atoms with Crippen molar-refractivity contribution in [2.24, 2.45) is 13.0 Å². The van der Waals surface area contributed by atoms with E-state index in [0.717, 1.165) is 18.9 Å². The predicted octanol–water partition coefficient (Wildman–Crippen LogP) is 1.07. The zero-order valence-corrected chi connectivity index (χ0v) is 11.9. The topological polar surface area (TPSA) is 63.3 Å². The van der Waals surface area contributed by atoms with Crippen molar-refractivity contribution in [1.29, 1.82) is 0 Å². The minimum atomic E-state index is -0.0351. The maximum Gasteiger partial charge on any atom is 0.267 e. The Morgan fingerprint density at radius 1 is 1.42 bits per heavy atom. The van der Waals surface area contributed by atoms with Gasteiger partial charge in [0.05, 0.1) is 5.69 Å². The van der Waals surface area contributed by atoms with Gasteiger partial charge in [-0.1, -0.05) is 0 Å². The maximum absolute atomic E-state index is 12.0. The fourth-order valence-corrected chi connectivity index (χ4v) is 2.65. The zero-order valence-electron chi connectivity index (χ0n) is 11.9. The largest absolute Gasteiger partial charge is 0.397 e. The smallest absolute Gasteiger partial charge is 0.267 e. The van der Waals surface area contributed by atoms with Crippen molar-refractivity contribution in [3.05, 3.63) is 18.0 Å². The van der Waals surface area contributed by atoms with E-state index < -0.39 is 0 Å². The summed E-state index contributed by atoms with van der Waals surface area (Å²) in [6.45, 7) is 3.10. The van der Waals surface area contributed by atoms with Crippen LogP contribution >= 0.6 is 0 Å². The third-order valence-electron chi connectivity index (χ3n) is 3.94. The standard InChI is InChI=1S/C14H24N4O/c1-17-7-4-11(5-8-17)3-6-16-14(19)13-9-12(15)10-18(13)2/h9-11H,3-8,15H2,1-2H3,(H,16,19). The summed E-state index contributed by atoms with van der Waals surface area (Å²) < 4.78 is 1.76. The molecule has 0 spiro atoms. The molecular formula is C14H24N4O. The molecule has 0 atom stereocenters. The normalized spacial score (nSPS) is 17.6. The molecule has 0 saturated carbocycles. The number of carbonyl (C=O) groups is 1. The summed E-state index contributed by atoms with van der Waals surface area (Å²) in [5.74, 6) is 0.710. The van der Waals surface area contributed by atoms with Crippen molar-refractivity contribution < 1.29 is 4.79 Å². The molecule has 0 aliphatic carbocycles. The predicted molar refractivity (Wildman–Crippen MR) is 77.0 cm³/mol. The van der Waals surface area contributed by atoms with Gasteiger partial charge in [-0.05, 0) is 51.4 Å². The highest BCUT2D eigenvalue weighted by Crippen LogP contribution is 2.18. The second kappa shape index (κ2) is 6.10. The summed E-state index contributed by atoms with van der Waals surface area (Å²) in [5.41, 5.74) is 6.92. The van der Waals surface area contributed by atoms with Crippen LogP contribution in [0.25, 0.3) is 0 Å². The van der Waals surface area contributed by atoms with E-state index in [4.69, 9.17) is 5.73 Å². The van der Waals surface area contributed by atoms with Gasteiger partial charge in [0.25, 0.3) is 5.91 Å². The molecule has 2 heterocycles. The van der Waals surface area contributed by atoms with Crippen molar-refractivity contribution in [3.8, 4) is 0 Å². The van der Waals surface area contributed by atoms with Gasteiger partial charge in [0, 0.05) is 19.8 Å². The minimum Gasteiger partial charge on any atom is -0.397 e. The highest BCUT2D eigenvalue weighted by molar-refractivity contribution is 5.93. The van der Waals surface area contributed by atoms with Gasteiger partial charge in [-0.3, -0.25) is 4.79 Å². The van der Waals surface area contributed by atoms with E-state index in [1.807, 2.05) is 7.05 Å². The summed E-state index contributed by atoms with van der Waals surface area (Å²) in [7, 11) is 4.00. The lowest BCUT2D eigenvalue weighted by atomic mass is 9.94. The highest BCUT2D eigenvalue weighted by atomic mass is 16.1. The molecule has 1 aliphatic rings. The number of nitrogens with zero attached hydrogens (tertiary/aromatic N) is 2. The molecule has 2 rings (SSSR count). The number of hydrogen-bond acceptors (Lipinski definition) is 3. The van der Waals surface area contributed by atoms with Crippen LogP contribution in [0.4, 0.5) is 5.69 Å². The quantitative estimate of drug-likeness (QED) is 0.855. The molecule has 1 saturated heterocycles. The molecule has 1 fully saturated rings. The molecule has 1 amide bonds. The minimum absolute atomic E-state index is 0.0351. The zero-order chi connectivity index (χ0) is 13.8. The summed E-state index contributed by atoms with van der Waals surface area (Å²) in [6.07, 6.45) is 5.30. The van der Waals surface area contributed by atoms with E-state index in [0.29, 0.717) is 11.4 Å². The van der Waals surface area contributed by atoms with Gasteiger partial charge in [0.2, 0.25) is 0 Å². The lowest BCUT2D eigenvalue weighted by Crippen LogP contribution is -2.33. The fourth-order valence-electron chi connectivity index (χ4n) is 2.65. The molecule has 19 heavy (non-hydrogen) atoms. The van der Waals surface area contributed by atoms with Crippen molar-refractivity contribution in [3.63, 3.8) is 0 Å². The molecule has 1 aromatic heterocycles. The first-order chi connectivity index (χ1) is 9.06. The van der Waals surface area contributed by atoms with E-state index >= 15 is 0 Å². The fraction of sp³-hybridized carbons (Fsp3) is 0.643. The SMILES string of the molecule is CN1CCC(CCNC(=O)c2cc(N)cn2C)CC1. The Hall–Kier alpha value is -1.49. The Bertz CT molecular complexity index is 433. The second-order valence-electron chi connectivity index (χ2n) is 5.56. The Kier molecular flexibility index (Phi) is 4.47. The maximum atomic E-state index is 12.0. The Morgan fingerprint density at radius 3 is 2.68 bits per heavy atom. The molecule has 1 aromatic rings. The first-order valence-corrected chi connectivity index (χ1v) is 6.95. The first-order valence-electron chi connectivity index (χ1n) is 6.95. The third kappa shape index (κ3) is 3.73. The number of nitrogens with two attached hydrogens (primary N) is 1. The molecule has 0 bridgehead atoms. The molecule has 5 heteroatoms. The van der Waals surface area contributed by atoms with Crippen LogP contribution in [0.3, 0.4) is 0 Å². The lowest BCUT2D eigenvalue weighted by Gasteiger charge is -2.28. The van der Waals surface area contributed by atoms with E-state index in [-0.39, 0.29) is 5.91 Å². The number of rotatable bonds is 4. The number of amides is 1. The Morgan fingerprint density at radius 2 is 2.11 bits per heavy atom. The lowest BCUT2D eigenvalue weighted by molar-refractivity contribution is 0.0941. The second-order valence-corrected chi connectivity index (χ2v) is 5.56. The number of nitrogen functional groups attached to an aromatic ring is 1. The summed E-state index contributed by atoms with van der Waals surface area (Å²) in [5, 5.41) is 2.98. The molecular weight excluding hydrogens is 240 g/mol. The number of piperidine rings is 1. The van der Waals surface area contributed by atoms with Crippen molar-refractivity contribution in [1.82, 2.24) is 14.8 Å². The van der Waals surface area contributed by atoms with Gasteiger partial charge in [-0.2, -0.15) is 0 Å². The van der Waals surface area contributed by atoms with Crippen LogP contribution < -0.4 is 11.1 Å². The molecule has 1 aliphatic heterocycles. The van der Waals surface area contributed by atoms with Crippen LogP contribution in [0.2, 0.25) is 0 Å². The first kappa shape index (κ1) is 13.9. The van der Waals surface area contributed by atoms with Crippen LogP contribution in [0.5, 0.6) is 0 Å². The molecule has 0 radical (unpaired) electrons. The van der Waals surface area contributed by atoms with Gasteiger partial charge >= 0.3 is 0 Å². The number of carbonyl (C=O) groups excluding carboxylic acids is 1. The van der Waals surface area contributed by atoms with Crippen LogP contribution in [0, 0.1) is 5.92 Å². The van der Waals surface area contributed by atoms with Gasteiger partial charge in [-0.25, -0.2) is 0 Å². The van der Waals surface area contributed by atoms with Crippen LogP contribution in [0.15, 0.2) is 12.3 Å². The average molecular weight is 264 g/mol. The van der Waals surface area contributed by atoms with E-state index in [9.17, 15) is 4.79 Å². The number of aryl methyl sites for hydroxylation is 1. The van der Waals surface area contributed by atoms with Crippen LogP contribution in [-0.4, -0.2) is 42.1 Å². The molecule has 0 unspecified atom stereocenters. The van der Waals surface area contributed by atoms with Crippen LogP contribution in [-0.2, 0) is 7.05 Å². The molecule has 5 nitrogen and oxygen atoms in total. The number of likely N-dealkylation sites (tertiary alicyclic amines) is 1. The number of nitrogens with one attached hydrogen (secondary N) is 1. The molecule has 106 valence electrons. The van der Waals surface area contributed by atoms with E-state index in [1.54, 1.807) is 16.8 Å². The number of anilines is 1. The summed E-state index contributed by atoms with van der Waals surface area (Å²) in [6, 6.07) is 1.71. The van der Waals surface area contributed by atoms with Crippen molar-refractivity contribution in [2.45, 2.75) is 19.3 Å². The summed E-state index contributed by atoms with van der Waals surface area (Å²) in [4.78, 5) is 14.3. The third-order valence-corrected chi connectivity index (χ3v) is 3.94. The molecule has 3 N–H and O–H groups in total.